The second-order valence-corrected chi connectivity index (χ2v) is 7.83. The predicted molar refractivity (Wildman–Crippen MR) is 87.0 cm³/mol. The van der Waals surface area contributed by atoms with Crippen LogP contribution in [0.2, 0.25) is 0 Å². The average Bonchev–Trinajstić information content (AvgIpc) is 2.40. The molecule has 0 aliphatic rings. The molecule has 2 aromatic rings. The van der Waals surface area contributed by atoms with Crippen molar-refractivity contribution in [3.8, 4) is 0 Å². The van der Waals surface area contributed by atoms with Crippen molar-refractivity contribution in [3.05, 3.63) is 62.5 Å². The molecule has 0 fully saturated rings. The van der Waals surface area contributed by atoms with Crippen LogP contribution in [0.25, 0.3) is 0 Å². The van der Waals surface area contributed by atoms with Crippen molar-refractivity contribution in [2.75, 3.05) is 0 Å². The first-order valence-electron chi connectivity index (χ1n) is 5.89. The summed E-state index contributed by atoms with van der Waals surface area (Å²) in [4.78, 5) is 0.223. The molecule has 0 bridgehead atoms. The van der Waals surface area contributed by atoms with Gasteiger partial charge in [-0.15, -0.1) is 0 Å². The lowest BCUT2D eigenvalue weighted by Gasteiger charge is -2.10. The maximum atomic E-state index is 12.3. The number of aryl methyl sites for hydroxylation is 1. The third kappa shape index (κ3) is 3.69. The van der Waals surface area contributed by atoms with Crippen LogP contribution in [0.4, 0.5) is 0 Å². The van der Waals surface area contributed by atoms with Crippen LogP contribution in [-0.2, 0) is 16.6 Å². The van der Waals surface area contributed by atoms with Gasteiger partial charge in [0.05, 0.1) is 4.90 Å². The molecule has 2 rings (SSSR count). The maximum Gasteiger partial charge on any atom is 0.242 e. The molecule has 0 aromatic heterocycles. The number of halogens is 2. The van der Waals surface area contributed by atoms with E-state index >= 15 is 0 Å². The van der Waals surface area contributed by atoms with Gasteiger partial charge in [-0.05, 0) is 52.2 Å². The summed E-state index contributed by atoms with van der Waals surface area (Å²) >= 11 is 6.55. The van der Waals surface area contributed by atoms with Crippen molar-refractivity contribution in [1.82, 2.24) is 4.72 Å². The summed E-state index contributed by atoms with van der Waals surface area (Å²) in [6.07, 6.45) is 0. The van der Waals surface area contributed by atoms with Crippen molar-refractivity contribution in [3.63, 3.8) is 0 Å². The summed E-state index contributed by atoms with van der Waals surface area (Å²) < 4.78 is 28.5. The minimum atomic E-state index is -3.56. The Bertz CT molecular complexity index is 730. The molecule has 0 heterocycles. The van der Waals surface area contributed by atoms with Gasteiger partial charge in [-0.1, -0.05) is 40.2 Å². The van der Waals surface area contributed by atoms with Crippen molar-refractivity contribution < 1.29 is 8.42 Å². The predicted octanol–water partition coefficient (Wildman–Crippen LogP) is 4.00. The van der Waals surface area contributed by atoms with E-state index in [-0.39, 0.29) is 11.4 Å². The van der Waals surface area contributed by atoms with Crippen LogP contribution >= 0.6 is 31.9 Å². The first-order valence-corrected chi connectivity index (χ1v) is 8.96. The molecule has 0 unspecified atom stereocenters. The van der Waals surface area contributed by atoms with Crippen LogP contribution < -0.4 is 4.72 Å². The maximum absolute atomic E-state index is 12.3. The summed E-state index contributed by atoms with van der Waals surface area (Å²) in [6.45, 7) is 2.23. The van der Waals surface area contributed by atoms with E-state index in [1.165, 1.54) is 0 Å². The Morgan fingerprint density at radius 3 is 2.50 bits per heavy atom. The molecule has 0 saturated carbocycles. The SMILES string of the molecule is Cc1ccccc1CNS(=O)(=O)c1cc(Br)ccc1Br. The van der Waals surface area contributed by atoms with E-state index in [1.807, 2.05) is 31.2 Å². The normalized spacial score (nSPS) is 11.6. The van der Waals surface area contributed by atoms with E-state index in [4.69, 9.17) is 0 Å². The molecule has 3 nitrogen and oxygen atoms in total. The van der Waals surface area contributed by atoms with Crippen LogP contribution in [0.3, 0.4) is 0 Å². The highest BCUT2D eigenvalue weighted by atomic mass is 79.9. The molecule has 0 amide bonds. The minimum Gasteiger partial charge on any atom is -0.207 e. The molecule has 1 N–H and O–H groups in total. The van der Waals surface area contributed by atoms with Crippen molar-refractivity contribution >= 4 is 41.9 Å². The zero-order valence-corrected chi connectivity index (χ0v) is 14.7. The molecule has 20 heavy (non-hydrogen) atoms. The van der Waals surface area contributed by atoms with E-state index in [0.717, 1.165) is 15.6 Å². The van der Waals surface area contributed by atoms with Gasteiger partial charge < -0.3 is 0 Å². The first kappa shape index (κ1) is 15.7. The highest BCUT2D eigenvalue weighted by molar-refractivity contribution is 9.11. The molecule has 0 spiro atoms. The van der Waals surface area contributed by atoms with Crippen LogP contribution in [0.5, 0.6) is 0 Å². The monoisotopic (exact) mass is 417 g/mol. The van der Waals surface area contributed by atoms with Gasteiger partial charge in [0.2, 0.25) is 10.0 Å². The molecule has 106 valence electrons. The largest absolute Gasteiger partial charge is 0.242 e. The first-order chi connectivity index (χ1) is 9.40. The quantitative estimate of drug-likeness (QED) is 0.815. The Labute approximate surface area is 135 Å². The van der Waals surface area contributed by atoms with Gasteiger partial charge in [-0.25, -0.2) is 13.1 Å². The Kier molecular flexibility index (Phi) is 5.01. The molecular weight excluding hydrogens is 406 g/mol. The van der Waals surface area contributed by atoms with Gasteiger partial charge in [0.25, 0.3) is 0 Å². The van der Waals surface area contributed by atoms with Crippen molar-refractivity contribution in [1.29, 1.82) is 0 Å². The van der Waals surface area contributed by atoms with Crippen LogP contribution in [0.15, 0.2) is 56.3 Å². The molecule has 2 aromatic carbocycles. The fourth-order valence-corrected chi connectivity index (χ4v) is 4.25. The lowest BCUT2D eigenvalue weighted by molar-refractivity contribution is 0.580. The third-order valence-electron chi connectivity index (χ3n) is 2.90. The highest BCUT2D eigenvalue weighted by Crippen LogP contribution is 2.25. The zero-order chi connectivity index (χ0) is 14.8. The lowest BCUT2D eigenvalue weighted by atomic mass is 10.1. The Hall–Kier alpha value is -0.690. The number of hydrogen-bond acceptors (Lipinski definition) is 2. The Balaban J connectivity index is 2.24. The lowest BCUT2D eigenvalue weighted by Crippen LogP contribution is -2.24. The van der Waals surface area contributed by atoms with Gasteiger partial charge >= 0.3 is 0 Å². The average molecular weight is 419 g/mol. The van der Waals surface area contributed by atoms with Crippen molar-refractivity contribution in [2.24, 2.45) is 0 Å². The minimum absolute atomic E-state index is 0.223. The molecule has 0 aliphatic heterocycles. The molecule has 0 saturated heterocycles. The summed E-state index contributed by atoms with van der Waals surface area (Å²) in [5.41, 5.74) is 2.02. The van der Waals surface area contributed by atoms with Crippen molar-refractivity contribution in [2.45, 2.75) is 18.4 Å². The number of nitrogens with one attached hydrogen (secondary N) is 1. The van der Waals surface area contributed by atoms with E-state index < -0.39 is 10.0 Å². The van der Waals surface area contributed by atoms with E-state index in [9.17, 15) is 8.42 Å². The summed E-state index contributed by atoms with van der Waals surface area (Å²) in [5, 5.41) is 0. The Morgan fingerprint density at radius 2 is 1.80 bits per heavy atom. The number of rotatable bonds is 4. The second-order valence-electron chi connectivity index (χ2n) is 4.33. The third-order valence-corrected chi connectivity index (χ3v) is 5.79. The van der Waals surface area contributed by atoms with Gasteiger partial charge in [0.1, 0.15) is 0 Å². The fraction of sp³-hybridized carbons (Fsp3) is 0.143. The van der Waals surface area contributed by atoms with E-state index in [2.05, 4.69) is 36.6 Å². The molecule has 0 atom stereocenters. The summed E-state index contributed by atoms with van der Waals surface area (Å²) in [7, 11) is -3.56. The van der Waals surface area contributed by atoms with Gasteiger partial charge in [-0.3, -0.25) is 0 Å². The summed E-state index contributed by atoms with van der Waals surface area (Å²) in [6, 6.07) is 12.7. The topological polar surface area (TPSA) is 46.2 Å². The highest BCUT2D eigenvalue weighted by Gasteiger charge is 2.17. The van der Waals surface area contributed by atoms with Gasteiger partial charge in [0.15, 0.2) is 0 Å². The van der Waals surface area contributed by atoms with Crippen LogP contribution in [0, 0.1) is 6.92 Å². The second kappa shape index (κ2) is 6.39. The van der Waals surface area contributed by atoms with Gasteiger partial charge in [-0.2, -0.15) is 0 Å². The number of hydrogen-bond donors (Lipinski definition) is 1. The zero-order valence-electron chi connectivity index (χ0n) is 10.7. The molecule has 6 heteroatoms. The Morgan fingerprint density at radius 1 is 1.10 bits per heavy atom. The number of benzene rings is 2. The molecule has 0 aliphatic carbocycles. The van der Waals surface area contributed by atoms with Crippen LogP contribution in [-0.4, -0.2) is 8.42 Å². The molecular formula is C14H13Br2NO2S. The van der Waals surface area contributed by atoms with Gasteiger partial charge in [0, 0.05) is 15.5 Å². The van der Waals surface area contributed by atoms with E-state index in [1.54, 1.807) is 18.2 Å². The smallest absolute Gasteiger partial charge is 0.207 e. The fourth-order valence-electron chi connectivity index (χ4n) is 1.74. The summed E-state index contributed by atoms with van der Waals surface area (Å²) in [5.74, 6) is 0. The van der Waals surface area contributed by atoms with E-state index in [0.29, 0.717) is 4.47 Å². The standard InChI is InChI=1S/C14H13Br2NO2S/c1-10-4-2-3-5-11(10)9-17-20(18,19)14-8-12(15)6-7-13(14)16/h2-8,17H,9H2,1H3. The van der Waals surface area contributed by atoms with Crippen LogP contribution in [0.1, 0.15) is 11.1 Å². The molecule has 0 radical (unpaired) electrons. The number of sulfonamides is 1.